The molecule has 0 spiro atoms. The van der Waals surface area contributed by atoms with Crippen LogP contribution in [0.15, 0.2) is 54.9 Å². The van der Waals surface area contributed by atoms with E-state index in [2.05, 4.69) is 52.6 Å². The van der Waals surface area contributed by atoms with Gasteiger partial charge in [-0.3, -0.25) is 0 Å². The zero-order chi connectivity index (χ0) is 18.5. The smallest absolute Gasteiger partial charge is 0.337 e. The number of methoxy groups -OCH3 is 1. The first-order valence-corrected chi connectivity index (χ1v) is 8.16. The second kappa shape index (κ2) is 7.65. The molecule has 3 rings (SSSR count). The number of aryl methyl sites for hydroxylation is 2. The molecular formula is C20H20N4O2. The van der Waals surface area contributed by atoms with Gasteiger partial charge in [0.15, 0.2) is 0 Å². The van der Waals surface area contributed by atoms with E-state index in [-0.39, 0.29) is 5.97 Å². The summed E-state index contributed by atoms with van der Waals surface area (Å²) in [4.78, 5) is 20.1. The summed E-state index contributed by atoms with van der Waals surface area (Å²) < 4.78 is 4.74. The summed E-state index contributed by atoms with van der Waals surface area (Å²) in [6.07, 6.45) is 1.48. The van der Waals surface area contributed by atoms with Crippen molar-refractivity contribution in [2.75, 3.05) is 17.7 Å². The zero-order valence-electron chi connectivity index (χ0n) is 14.9. The van der Waals surface area contributed by atoms with Crippen molar-refractivity contribution in [2.24, 2.45) is 0 Å². The first-order chi connectivity index (χ1) is 12.5. The van der Waals surface area contributed by atoms with Crippen molar-refractivity contribution in [3.8, 4) is 0 Å². The molecule has 6 nitrogen and oxygen atoms in total. The number of rotatable bonds is 5. The standard InChI is InChI=1S/C20H20N4O2/c1-13-7-14(2)9-17(8-13)24-19-11-18(21-12-22-19)23-16-6-4-5-15(10-16)20(25)26-3/h4-12H,1-3H3,(H2,21,22,23,24). The Kier molecular flexibility index (Phi) is 5.12. The van der Waals surface area contributed by atoms with Gasteiger partial charge in [-0.05, 0) is 55.3 Å². The van der Waals surface area contributed by atoms with Crippen molar-refractivity contribution >= 4 is 29.0 Å². The van der Waals surface area contributed by atoms with Crippen molar-refractivity contribution in [3.05, 3.63) is 71.5 Å². The fourth-order valence-corrected chi connectivity index (χ4v) is 2.68. The number of nitrogens with zero attached hydrogens (tertiary/aromatic N) is 2. The first-order valence-electron chi connectivity index (χ1n) is 8.16. The number of ether oxygens (including phenoxy) is 1. The molecule has 0 aliphatic heterocycles. The Morgan fingerprint density at radius 1 is 0.885 bits per heavy atom. The summed E-state index contributed by atoms with van der Waals surface area (Å²) >= 11 is 0. The van der Waals surface area contributed by atoms with Crippen LogP contribution in [0.2, 0.25) is 0 Å². The monoisotopic (exact) mass is 348 g/mol. The summed E-state index contributed by atoms with van der Waals surface area (Å²) in [5.74, 6) is 0.916. The number of hydrogen-bond donors (Lipinski definition) is 2. The molecule has 26 heavy (non-hydrogen) atoms. The van der Waals surface area contributed by atoms with Gasteiger partial charge in [0.2, 0.25) is 0 Å². The van der Waals surface area contributed by atoms with Gasteiger partial charge in [0.25, 0.3) is 0 Å². The molecule has 0 atom stereocenters. The lowest BCUT2D eigenvalue weighted by Crippen LogP contribution is -2.02. The Morgan fingerprint density at radius 3 is 2.19 bits per heavy atom. The SMILES string of the molecule is COC(=O)c1cccc(Nc2cc(Nc3cc(C)cc(C)c3)ncn2)c1. The first kappa shape index (κ1) is 17.4. The molecule has 0 saturated heterocycles. The van der Waals surface area contributed by atoms with Crippen LogP contribution < -0.4 is 10.6 Å². The van der Waals surface area contributed by atoms with E-state index < -0.39 is 0 Å². The number of anilines is 4. The average Bonchev–Trinajstić information content (AvgIpc) is 2.60. The molecule has 0 fully saturated rings. The van der Waals surface area contributed by atoms with Gasteiger partial charge in [0, 0.05) is 17.4 Å². The third-order valence-corrected chi connectivity index (χ3v) is 3.72. The molecule has 0 unspecified atom stereocenters. The van der Waals surface area contributed by atoms with E-state index in [1.165, 1.54) is 24.6 Å². The van der Waals surface area contributed by atoms with Crippen LogP contribution in [0.4, 0.5) is 23.0 Å². The quantitative estimate of drug-likeness (QED) is 0.667. The van der Waals surface area contributed by atoms with E-state index in [0.717, 1.165) is 11.4 Å². The molecule has 2 N–H and O–H groups in total. The molecule has 2 aromatic carbocycles. The predicted molar refractivity (Wildman–Crippen MR) is 102 cm³/mol. The van der Waals surface area contributed by atoms with E-state index in [1.54, 1.807) is 18.2 Å². The largest absolute Gasteiger partial charge is 0.465 e. The number of hydrogen-bond acceptors (Lipinski definition) is 6. The van der Waals surface area contributed by atoms with Gasteiger partial charge >= 0.3 is 5.97 Å². The highest BCUT2D eigenvalue weighted by molar-refractivity contribution is 5.90. The van der Waals surface area contributed by atoms with Crippen LogP contribution in [-0.2, 0) is 4.74 Å². The molecule has 0 radical (unpaired) electrons. The van der Waals surface area contributed by atoms with Gasteiger partial charge in [-0.25, -0.2) is 14.8 Å². The van der Waals surface area contributed by atoms with Crippen molar-refractivity contribution in [2.45, 2.75) is 13.8 Å². The van der Waals surface area contributed by atoms with Crippen molar-refractivity contribution < 1.29 is 9.53 Å². The van der Waals surface area contributed by atoms with Crippen LogP contribution in [0.5, 0.6) is 0 Å². The molecule has 0 aliphatic rings. The molecule has 6 heteroatoms. The number of aromatic nitrogens is 2. The number of esters is 1. The predicted octanol–water partition coefficient (Wildman–Crippen LogP) is 4.37. The average molecular weight is 348 g/mol. The van der Waals surface area contributed by atoms with Crippen LogP contribution in [-0.4, -0.2) is 23.0 Å². The lowest BCUT2D eigenvalue weighted by Gasteiger charge is -2.10. The molecule has 0 bridgehead atoms. The van der Waals surface area contributed by atoms with Crippen LogP contribution in [0.1, 0.15) is 21.5 Å². The number of nitrogens with one attached hydrogen (secondary N) is 2. The lowest BCUT2D eigenvalue weighted by molar-refractivity contribution is 0.0601. The fourth-order valence-electron chi connectivity index (χ4n) is 2.68. The van der Waals surface area contributed by atoms with Crippen molar-refractivity contribution in [1.82, 2.24) is 9.97 Å². The minimum Gasteiger partial charge on any atom is -0.465 e. The molecular weight excluding hydrogens is 328 g/mol. The summed E-state index contributed by atoms with van der Waals surface area (Å²) in [6, 6.07) is 15.1. The number of benzene rings is 2. The van der Waals surface area contributed by atoms with E-state index in [0.29, 0.717) is 17.2 Å². The van der Waals surface area contributed by atoms with Crippen molar-refractivity contribution in [1.29, 1.82) is 0 Å². The Morgan fingerprint density at radius 2 is 1.54 bits per heavy atom. The molecule has 0 saturated carbocycles. The summed E-state index contributed by atoms with van der Waals surface area (Å²) in [5, 5.41) is 6.46. The molecule has 1 heterocycles. The Hall–Kier alpha value is -3.41. The second-order valence-electron chi connectivity index (χ2n) is 5.99. The number of carbonyl (C=O) groups excluding carboxylic acids is 1. The van der Waals surface area contributed by atoms with Gasteiger partial charge in [0.05, 0.1) is 12.7 Å². The molecule has 0 amide bonds. The highest BCUT2D eigenvalue weighted by Crippen LogP contribution is 2.21. The van der Waals surface area contributed by atoms with Gasteiger partial charge in [-0.1, -0.05) is 12.1 Å². The van der Waals surface area contributed by atoms with E-state index in [1.807, 2.05) is 12.1 Å². The summed E-state index contributed by atoms with van der Waals surface area (Å²) in [5.41, 5.74) is 4.54. The fraction of sp³-hybridized carbons (Fsp3) is 0.150. The van der Waals surface area contributed by atoms with E-state index >= 15 is 0 Å². The van der Waals surface area contributed by atoms with Gasteiger partial charge < -0.3 is 15.4 Å². The molecule has 0 aliphatic carbocycles. The van der Waals surface area contributed by atoms with Crippen LogP contribution in [0, 0.1) is 13.8 Å². The second-order valence-corrected chi connectivity index (χ2v) is 5.99. The molecule has 132 valence electrons. The minimum absolute atomic E-state index is 0.381. The highest BCUT2D eigenvalue weighted by atomic mass is 16.5. The molecule has 1 aromatic heterocycles. The maximum absolute atomic E-state index is 11.6. The van der Waals surface area contributed by atoms with Crippen LogP contribution in [0.3, 0.4) is 0 Å². The van der Waals surface area contributed by atoms with Crippen molar-refractivity contribution in [3.63, 3.8) is 0 Å². The van der Waals surface area contributed by atoms with E-state index in [9.17, 15) is 4.79 Å². The number of carbonyl (C=O) groups is 1. The topological polar surface area (TPSA) is 76.1 Å². The third kappa shape index (κ3) is 4.36. The molecule has 3 aromatic rings. The van der Waals surface area contributed by atoms with Crippen LogP contribution in [0.25, 0.3) is 0 Å². The third-order valence-electron chi connectivity index (χ3n) is 3.72. The van der Waals surface area contributed by atoms with Gasteiger partial charge in [-0.2, -0.15) is 0 Å². The Bertz CT molecular complexity index is 920. The maximum atomic E-state index is 11.6. The summed E-state index contributed by atoms with van der Waals surface area (Å²) in [6.45, 7) is 4.11. The van der Waals surface area contributed by atoms with E-state index in [4.69, 9.17) is 4.74 Å². The van der Waals surface area contributed by atoms with Gasteiger partial charge in [0.1, 0.15) is 18.0 Å². The minimum atomic E-state index is -0.381. The Labute approximate surface area is 152 Å². The van der Waals surface area contributed by atoms with Gasteiger partial charge in [-0.15, -0.1) is 0 Å². The maximum Gasteiger partial charge on any atom is 0.337 e. The zero-order valence-corrected chi connectivity index (χ0v) is 14.9. The normalized spacial score (nSPS) is 10.3. The lowest BCUT2D eigenvalue weighted by atomic mass is 10.1. The Balaban J connectivity index is 1.78. The van der Waals surface area contributed by atoms with Crippen LogP contribution >= 0.6 is 0 Å². The highest BCUT2D eigenvalue weighted by Gasteiger charge is 2.07. The summed E-state index contributed by atoms with van der Waals surface area (Å²) in [7, 11) is 1.36.